The minimum atomic E-state index is -4.44. The van der Waals surface area contributed by atoms with Crippen molar-refractivity contribution in [3.8, 4) is 11.4 Å². The standard InChI is InChI=1S/C17H16ClF3N6OS/c1-22-16(24-8-14-25-12(9-29-14)17(19,20)21)23-7-6-13-26-15(27-28-13)10-2-4-11(18)5-3-10/h2-5,9H,6-8H2,1H3,(H2,22,23,24). The molecule has 154 valence electrons. The van der Waals surface area contributed by atoms with Crippen LogP contribution in [0.3, 0.4) is 0 Å². The molecule has 12 heteroatoms. The Morgan fingerprint density at radius 3 is 2.62 bits per heavy atom. The molecule has 2 aromatic heterocycles. The van der Waals surface area contributed by atoms with Crippen LogP contribution >= 0.6 is 22.9 Å². The highest BCUT2D eigenvalue weighted by Gasteiger charge is 2.33. The highest BCUT2D eigenvalue weighted by atomic mass is 35.5. The number of rotatable bonds is 6. The van der Waals surface area contributed by atoms with E-state index in [-0.39, 0.29) is 6.54 Å². The molecular formula is C17H16ClF3N6OS. The number of alkyl halides is 3. The number of nitrogens with one attached hydrogen (secondary N) is 2. The number of guanidine groups is 1. The molecule has 1 aromatic carbocycles. The minimum absolute atomic E-state index is 0.127. The number of thiazole rings is 1. The summed E-state index contributed by atoms with van der Waals surface area (Å²) in [6.45, 7) is 0.565. The fourth-order valence-electron chi connectivity index (χ4n) is 2.26. The average Bonchev–Trinajstić information content (AvgIpc) is 3.34. The van der Waals surface area contributed by atoms with Gasteiger partial charge in [0.1, 0.15) is 5.01 Å². The fourth-order valence-corrected chi connectivity index (χ4v) is 3.13. The van der Waals surface area contributed by atoms with Crippen LogP contribution in [0.5, 0.6) is 0 Å². The maximum Gasteiger partial charge on any atom is 0.434 e. The van der Waals surface area contributed by atoms with Crippen molar-refractivity contribution in [1.29, 1.82) is 0 Å². The van der Waals surface area contributed by atoms with E-state index >= 15 is 0 Å². The molecule has 7 nitrogen and oxygen atoms in total. The second kappa shape index (κ2) is 9.23. The van der Waals surface area contributed by atoms with E-state index in [1.165, 1.54) is 0 Å². The Bertz CT molecular complexity index is 970. The third-order valence-electron chi connectivity index (χ3n) is 3.67. The van der Waals surface area contributed by atoms with Gasteiger partial charge in [-0.15, -0.1) is 11.3 Å². The first-order valence-corrected chi connectivity index (χ1v) is 9.65. The number of aliphatic imine (C=N–C) groups is 1. The van der Waals surface area contributed by atoms with Crippen LogP contribution < -0.4 is 10.6 Å². The second-order valence-electron chi connectivity index (χ2n) is 5.75. The molecular weight excluding hydrogens is 429 g/mol. The zero-order valence-electron chi connectivity index (χ0n) is 15.1. The van der Waals surface area contributed by atoms with Gasteiger partial charge in [-0.05, 0) is 24.3 Å². The molecule has 0 saturated carbocycles. The third-order valence-corrected chi connectivity index (χ3v) is 4.78. The molecule has 0 amide bonds. The van der Waals surface area contributed by atoms with Crippen molar-refractivity contribution in [2.75, 3.05) is 13.6 Å². The lowest BCUT2D eigenvalue weighted by Crippen LogP contribution is -2.37. The number of benzene rings is 1. The number of hydrogen-bond acceptors (Lipinski definition) is 6. The van der Waals surface area contributed by atoms with Gasteiger partial charge < -0.3 is 15.2 Å². The van der Waals surface area contributed by atoms with Crippen molar-refractivity contribution in [3.05, 3.63) is 51.3 Å². The zero-order valence-corrected chi connectivity index (χ0v) is 16.7. The van der Waals surface area contributed by atoms with Gasteiger partial charge in [0.25, 0.3) is 0 Å². The average molecular weight is 445 g/mol. The minimum Gasteiger partial charge on any atom is -0.356 e. The summed E-state index contributed by atoms with van der Waals surface area (Å²) >= 11 is 6.79. The Hall–Kier alpha value is -2.66. The van der Waals surface area contributed by atoms with Crippen LogP contribution in [-0.2, 0) is 19.1 Å². The number of halogens is 4. The highest BCUT2D eigenvalue weighted by Crippen LogP contribution is 2.29. The van der Waals surface area contributed by atoms with Gasteiger partial charge in [-0.2, -0.15) is 18.2 Å². The smallest absolute Gasteiger partial charge is 0.356 e. The first kappa shape index (κ1) is 21.1. The van der Waals surface area contributed by atoms with E-state index in [4.69, 9.17) is 16.1 Å². The highest BCUT2D eigenvalue weighted by molar-refractivity contribution is 7.09. The molecule has 3 rings (SSSR count). The first-order chi connectivity index (χ1) is 13.8. The monoisotopic (exact) mass is 444 g/mol. The van der Waals surface area contributed by atoms with Crippen molar-refractivity contribution in [1.82, 2.24) is 25.8 Å². The van der Waals surface area contributed by atoms with Crippen LogP contribution in [0.15, 0.2) is 39.2 Å². The van der Waals surface area contributed by atoms with Crippen molar-refractivity contribution >= 4 is 28.9 Å². The quantitative estimate of drug-likeness (QED) is 0.444. The molecule has 0 radical (unpaired) electrons. The van der Waals surface area contributed by atoms with Crippen LogP contribution in [0.25, 0.3) is 11.4 Å². The van der Waals surface area contributed by atoms with Gasteiger partial charge in [0.2, 0.25) is 11.7 Å². The summed E-state index contributed by atoms with van der Waals surface area (Å²) in [4.78, 5) is 11.9. The predicted molar refractivity (Wildman–Crippen MR) is 104 cm³/mol. The van der Waals surface area contributed by atoms with Gasteiger partial charge in [-0.1, -0.05) is 16.8 Å². The summed E-state index contributed by atoms with van der Waals surface area (Å²) < 4.78 is 43.0. The van der Waals surface area contributed by atoms with Crippen molar-refractivity contribution < 1.29 is 17.7 Å². The van der Waals surface area contributed by atoms with E-state index in [1.54, 1.807) is 31.3 Å². The largest absolute Gasteiger partial charge is 0.434 e. The Morgan fingerprint density at radius 2 is 1.97 bits per heavy atom. The fraction of sp³-hybridized carbons (Fsp3) is 0.294. The molecule has 0 aliphatic rings. The van der Waals surface area contributed by atoms with Crippen LogP contribution in [-0.4, -0.2) is 34.7 Å². The molecule has 0 unspecified atom stereocenters. The van der Waals surface area contributed by atoms with Gasteiger partial charge in [-0.3, -0.25) is 4.99 Å². The molecule has 0 bridgehead atoms. The molecule has 0 spiro atoms. The molecule has 0 fully saturated rings. The molecule has 0 aliphatic heterocycles. The number of hydrogen-bond donors (Lipinski definition) is 2. The molecule has 0 aliphatic carbocycles. The lowest BCUT2D eigenvalue weighted by atomic mass is 10.2. The van der Waals surface area contributed by atoms with Crippen LogP contribution in [0.2, 0.25) is 5.02 Å². The van der Waals surface area contributed by atoms with Crippen molar-refractivity contribution in [3.63, 3.8) is 0 Å². The van der Waals surface area contributed by atoms with Gasteiger partial charge in [-0.25, -0.2) is 4.98 Å². The molecule has 2 heterocycles. The van der Waals surface area contributed by atoms with Gasteiger partial charge in [0.05, 0.1) is 6.54 Å². The van der Waals surface area contributed by atoms with Crippen LogP contribution in [0.4, 0.5) is 13.2 Å². The Morgan fingerprint density at radius 1 is 1.21 bits per heavy atom. The normalized spacial score (nSPS) is 12.2. The Kier molecular flexibility index (Phi) is 6.70. The van der Waals surface area contributed by atoms with E-state index in [9.17, 15) is 13.2 Å². The topological polar surface area (TPSA) is 88.2 Å². The summed E-state index contributed by atoms with van der Waals surface area (Å²) in [6.07, 6.45) is -4.00. The lowest BCUT2D eigenvalue weighted by molar-refractivity contribution is -0.140. The molecule has 2 N–H and O–H groups in total. The van der Waals surface area contributed by atoms with Gasteiger partial charge in [0.15, 0.2) is 11.7 Å². The maximum atomic E-state index is 12.6. The summed E-state index contributed by atoms with van der Waals surface area (Å²) in [5.41, 5.74) is -0.105. The molecule has 0 atom stereocenters. The Labute approximate surface area is 173 Å². The first-order valence-electron chi connectivity index (χ1n) is 8.40. The van der Waals surface area contributed by atoms with Crippen LogP contribution in [0, 0.1) is 0 Å². The summed E-state index contributed by atoms with van der Waals surface area (Å²) in [5, 5.41) is 11.8. The molecule has 29 heavy (non-hydrogen) atoms. The summed E-state index contributed by atoms with van der Waals surface area (Å²) in [7, 11) is 1.56. The summed E-state index contributed by atoms with van der Waals surface area (Å²) in [5.74, 6) is 1.32. The third kappa shape index (κ3) is 5.91. The van der Waals surface area contributed by atoms with Crippen molar-refractivity contribution in [2.45, 2.75) is 19.1 Å². The molecule has 3 aromatic rings. The van der Waals surface area contributed by atoms with E-state index in [0.29, 0.717) is 40.7 Å². The predicted octanol–water partition coefficient (Wildman–Crippen LogP) is 3.77. The number of aromatic nitrogens is 3. The van der Waals surface area contributed by atoms with Crippen molar-refractivity contribution in [2.24, 2.45) is 4.99 Å². The van der Waals surface area contributed by atoms with E-state index < -0.39 is 11.9 Å². The van der Waals surface area contributed by atoms with E-state index in [0.717, 1.165) is 22.3 Å². The van der Waals surface area contributed by atoms with Gasteiger partial charge >= 0.3 is 6.18 Å². The van der Waals surface area contributed by atoms with E-state index in [2.05, 4.69) is 30.8 Å². The summed E-state index contributed by atoms with van der Waals surface area (Å²) in [6, 6.07) is 7.07. The van der Waals surface area contributed by atoms with Crippen LogP contribution in [0.1, 0.15) is 16.6 Å². The second-order valence-corrected chi connectivity index (χ2v) is 7.12. The number of nitrogens with zero attached hydrogens (tertiary/aromatic N) is 4. The van der Waals surface area contributed by atoms with Gasteiger partial charge in [0, 0.05) is 36.0 Å². The van der Waals surface area contributed by atoms with E-state index in [1.807, 2.05) is 0 Å². The lowest BCUT2D eigenvalue weighted by Gasteiger charge is -2.09. The zero-order chi connectivity index (χ0) is 20.9. The Balaban J connectivity index is 1.46. The molecule has 0 saturated heterocycles. The SMILES string of the molecule is CN=C(NCCc1nc(-c2ccc(Cl)cc2)no1)NCc1nc(C(F)(F)F)cs1. The maximum absolute atomic E-state index is 12.6.